The van der Waals surface area contributed by atoms with Crippen LogP contribution in [0.4, 0.5) is 0 Å². The van der Waals surface area contributed by atoms with E-state index in [9.17, 15) is 20.1 Å². The molecule has 7 bridgehead atoms. The number of rotatable bonds is 11. The van der Waals surface area contributed by atoms with Crippen LogP contribution in [0.15, 0.2) is 30.3 Å². The van der Waals surface area contributed by atoms with Gasteiger partial charge in [-0.3, -0.25) is 0 Å². The fourth-order valence-electron chi connectivity index (χ4n) is 12.4. The maximum absolute atomic E-state index is 13.8. The van der Waals surface area contributed by atoms with Gasteiger partial charge in [0.15, 0.2) is 0 Å². The minimum atomic E-state index is -1.71. The van der Waals surface area contributed by atoms with Crippen LogP contribution < -0.4 is 0 Å². The second-order valence-corrected chi connectivity index (χ2v) is 14.9. The van der Waals surface area contributed by atoms with E-state index in [2.05, 4.69) is 18.9 Å². The fraction of sp³-hybridized carbons (Fsp3) is 0.800. The van der Waals surface area contributed by atoms with Crippen molar-refractivity contribution in [3.8, 4) is 0 Å². The number of carbonyl (C=O) groups is 1. The minimum absolute atomic E-state index is 0.189. The second kappa shape index (κ2) is 11.5. The number of unbranched alkanes of at least 4 members (excludes halogenated alkanes) is 1. The van der Waals surface area contributed by atoms with Crippen LogP contribution >= 0.6 is 0 Å². The summed E-state index contributed by atoms with van der Waals surface area (Å²) in [5.74, 6) is -2.18. The Morgan fingerprint density at radius 1 is 1.02 bits per heavy atom. The first kappa shape index (κ1) is 32.9. The molecule has 0 aromatic heterocycles. The molecule has 46 heavy (non-hydrogen) atoms. The van der Waals surface area contributed by atoms with E-state index in [-0.39, 0.29) is 24.3 Å². The normalized spacial score (nSPS) is 50.1. The lowest BCUT2D eigenvalue weighted by atomic mass is 9.42. The largest absolute Gasteiger partial charge is 0.455 e. The van der Waals surface area contributed by atoms with E-state index in [0.29, 0.717) is 31.7 Å². The molecule has 1 spiro atoms. The summed E-state index contributed by atoms with van der Waals surface area (Å²) in [6.07, 6.45) is -2.77. The van der Waals surface area contributed by atoms with Crippen molar-refractivity contribution < 1.29 is 48.5 Å². The van der Waals surface area contributed by atoms with E-state index in [1.165, 1.54) is 7.11 Å². The van der Waals surface area contributed by atoms with Crippen molar-refractivity contribution in [1.29, 1.82) is 0 Å². The van der Waals surface area contributed by atoms with Gasteiger partial charge < -0.3 is 48.6 Å². The molecule has 7 rings (SSSR count). The summed E-state index contributed by atoms with van der Waals surface area (Å²) in [6, 6.07) is 8.58. The zero-order valence-corrected chi connectivity index (χ0v) is 27.8. The van der Waals surface area contributed by atoms with Crippen molar-refractivity contribution in [2.75, 3.05) is 55.2 Å². The summed E-state index contributed by atoms with van der Waals surface area (Å²) >= 11 is 0. The molecule has 0 radical (unpaired) electrons. The van der Waals surface area contributed by atoms with Crippen molar-refractivity contribution in [3.05, 3.63) is 35.9 Å². The van der Waals surface area contributed by atoms with Crippen LogP contribution in [-0.4, -0.2) is 135 Å². The predicted molar refractivity (Wildman–Crippen MR) is 165 cm³/mol. The van der Waals surface area contributed by atoms with E-state index in [1.807, 2.05) is 6.07 Å². The molecule has 1 aliphatic heterocycles. The Morgan fingerprint density at radius 3 is 2.39 bits per heavy atom. The highest BCUT2D eigenvalue weighted by Gasteiger charge is 2.91. The van der Waals surface area contributed by atoms with Crippen LogP contribution in [0.2, 0.25) is 0 Å². The summed E-state index contributed by atoms with van der Waals surface area (Å²) in [4.78, 5) is 16.1. The molecule has 11 nitrogen and oxygen atoms in total. The molecule has 3 N–H and O–H groups in total. The molecule has 0 unspecified atom stereocenters. The van der Waals surface area contributed by atoms with Gasteiger partial charge in [0.05, 0.1) is 30.5 Å². The zero-order chi connectivity index (χ0) is 32.8. The molecule has 15 atom stereocenters. The topological polar surface area (TPSA) is 136 Å². The van der Waals surface area contributed by atoms with Gasteiger partial charge in [-0.1, -0.05) is 31.5 Å². The van der Waals surface area contributed by atoms with Crippen molar-refractivity contribution >= 4 is 5.97 Å². The molecule has 5 saturated carbocycles. The Bertz CT molecular complexity index is 1300. The van der Waals surface area contributed by atoms with Crippen LogP contribution in [0.1, 0.15) is 43.0 Å². The maximum Gasteiger partial charge on any atom is 0.338 e. The Balaban J connectivity index is 1.50. The molecule has 5 aliphatic carbocycles. The lowest BCUT2D eigenvalue weighted by Gasteiger charge is -2.70. The first-order valence-corrected chi connectivity index (χ1v) is 16.9. The number of benzene rings is 1. The number of hydrogen-bond donors (Lipinski definition) is 3. The number of aliphatic hydroxyl groups is 3. The molecule has 6 fully saturated rings. The minimum Gasteiger partial charge on any atom is -0.455 e. The number of esters is 1. The Labute approximate surface area is 271 Å². The van der Waals surface area contributed by atoms with Gasteiger partial charge in [0.1, 0.15) is 29.5 Å². The standard InChI is InChI=1S/C35H51NO10/c1-7-8-14-45-35-23-20(16-33(40,30(44-6)28(35)38)29(23)46-31(39)19-12-10-9-11-13-19)34-22(42-4)15-21(37)32(18-41-3)17-36(2)27(34)24(35)25(43-5)26(32)34/h9-13,20-30,37-38,40H,7-8,14-18H2,1-6H3/t20-,21-,22+,23-,24+,25+,26-,27+,28+,29-,30+,32+,33-,34+,35-/m1/s1. The molecule has 0 amide bonds. The van der Waals surface area contributed by atoms with Gasteiger partial charge in [-0.15, -0.1) is 0 Å². The van der Waals surface area contributed by atoms with Crippen LogP contribution in [0.25, 0.3) is 0 Å². The van der Waals surface area contributed by atoms with Crippen molar-refractivity contribution in [2.24, 2.45) is 34.5 Å². The first-order valence-electron chi connectivity index (χ1n) is 16.9. The first-order chi connectivity index (χ1) is 22.1. The Morgan fingerprint density at radius 2 is 1.76 bits per heavy atom. The third kappa shape index (κ3) is 3.78. The highest BCUT2D eigenvalue weighted by atomic mass is 16.6. The van der Waals surface area contributed by atoms with Crippen LogP contribution in [0.3, 0.4) is 0 Å². The predicted octanol–water partition coefficient (Wildman–Crippen LogP) is 1.51. The number of ether oxygens (including phenoxy) is 6. The molecule has 1 aromatic carbocycles. The second-order valence-electron chi connectivity index (χ2n) is 14.9. The molecule has 1 saturated heterocycles. The SMILES string of the molecule is CCCCO[C@]12[C@H]3[C@@H](OC(=O)c4ccccc4)[C@](O)(C[C@H]3[C@@]34[C@@H](OC)C[C@@H](O)[C@@]5(COC)CN(C)[C@H]3[C@@H]1[C@H](OC)[C@H]54)[C@@H](OC)[C@@H]2O. The summed E-state index contributed by atoms with van der Waals surface area (Å²) in [6.45, 7) is 3.33. The van der Waals surface area contributed by atoms with E-state index in [4.69, 9.17) is 28.4 Å². The number of aliphatic hydroxyl groups excluding tert-OH is 2. The average Bonchev–Trinajstić information content (AvgIpc) is 3.43. The molecular formula is C35H51NO10. The highest BCUT2D eigenvalue weighted by Crippen LogP contribution is 2.80. The molecule has 11 heteroatoms. The van der Waals surface area contributed by atoms with Gasteiger partial charge in [0, 0.05) is 82.6 Å². The van der Waals surface area contributed by atoms with E-state index in [1.54, 1.807) is 45.6 Å². The van der Waals surface area contributed by atoms with Gasteiger partial charge in [0.2, 0.25) is 0 Å². The third-order valence-corrected chi connectivity index (χ3v) is 13.4. The van der Waals surface area contributed by atoms with Gasteiger partial charge in [-0.25, -0.2) is 4.79 Å². The monoisotopic (exact) mass is 645 g/mol. The van der Waals surface area contributed by atoms with Gasteiger partial charge in [0.25, 0.3) is 0 Å². The molecule has 6 aliphatic rings. The van der Waals surface area contributed by atoms with E-state index < -0.39 is 76.5 Å². The number of hydrogen-bond acceptors (Lipinski definition) is 11. The summed E-state index contributed by atoms with van der Waals surface area (Å²) in [5.41, 5.74) is -4.01. The van der Waals surface area contributed by atoms with Crippen LogP contribution in [0.5, 0.6) is 0 Å². The number of piperidine rings is 1. The molecular weight excluding hydrogens is 594 g/mol. The number of methoxy groups -OCH3 is 4. The average molecular weight is 646 g/mol. The van der Waals surface area contributed by atoms with Crippen LogP contribution in [-0.2, 0) is 28.4 Å². The lowest BCUT2D eigenvalue weighted by molar-refractivity contribution is -0.329. The third-order valence-electron chi connectivity index (χ3n) is 13.4. The lowest BCUT2D eigenvalue weighted by Crippen LogP contribution is -2.81. The van der Waals surface area contributed by atoms with Gasteiger partial charge >= 0.3 is 5.97 Å². The smallest absolute Gasteiger partial charge is 0.338 e. The molecule has 1 aromatic rings. The number of fused-ring (bicyclic) bond motifs is 2. The van der Waals surface area contributed by atoms with Gasteiger partial charge in [-0.05, 0) is 37.9 Å². The Hall–Kier alpha value is -1.67. The van der Waals surface area contributed by atoms with E-state index >= 15 is 0 Å². The molecule has 1 heterocycles. The summed E-state index contributed by atoms with van der Waals surface area (Å²) in [5, 5.41) is 37.5. The molecule has 256 valence electrons. The van der Waals surface area contributed by atoms with Gasteiger partial charge in [-0.2, -0.15) is 0 Å². The quantitative estimate of drug-likeness (QED) is 0.239. The van der Waals surface area contributed by atoms with Crippen molar-refractivity contribution in [2.45, 2.75) is 86.5 Å². The number of nitrogens with zero attached hydrogens (tertiary/aromatic N) is 1. The van der Waals surface area contributed by atoms with Crippen LogP contribution in [0, 0.1) is 34.5 Å². The van der Waals surface area contributed by atoms with Crippen molar-refractivity contribution in [3.63, 3.8) is 0 Å². The van der Waals surface area contributed by atoms with Crippen molar-refractivity contribution in [1.82, 2.24) is 4.90 Å². The summed E-state index contributed by atoms with van der Waals surface area (Å²) in [7, 11) is 8.60. The number of carbonyl (C=O) groups excluding carboxylic acids is 1. The fourth-order valence-corrected chi connectivity index (χ4v) is 12.4. The number of likely N-dealkylation sites (tertiary alicyclic amines) is 1. The Kier molecular flexibility index (Phi) is 8.18. The summed E-state index contributed by atoms with van der Waals surface area (Å²) < 4.78 is 38.4. The zero-order valence-electron chi connectivity index (χ0n) is 27.8. The highest BCUT2D eigenvalue weighted by molar-refractivity contribution is 5.89. The van der Waals surface area contributed by atoms with E-state index in [0.717, 1.165) is 12.8 Å². The maximum atomic E-state index is 13.8.